The molecule has 6 nitrogen and oxygen atoms in total. The van der Waals surface area contributed by atoms with Crippen LogP contribution in [0, 0.1) is 5.92 Å². The Bertz CT molecular complexity index is 1200. The number of aromatic amines is 1. The third-order valence-corrected chi connectivity index (χ3v) is 7.59. The highest BCUT2D eigenvalue weighted by molar-refractivity contribution is 5.98. The lowest BCUT2D eigenvalue weighted by Crippen LogP contribution is -2.59. The van der Waals surface area contributed by atoms with E-state index in [2.05, 4.69) is 40.8 Å². The van der Waals surface area contributed by atoms with E-state index in [9.17, 15) is 9.59 Å². The minimum atomic E-state index is -0.0506. The van der Waals surface area contributed by atoms with E-state index in [0.717, 1.165) is 36.0 Å². The predicted molar refractivity (Wildman–Crippen MR) is 120 cm³/mol. The van der Waals surface area contributed by atoms with Crippen molar-refractivity contribution >= 4 is 22.8 Å². The molecule has 1 saturated heterocycles. The molecule has 160 valence electrons. The maximum absolute atomic E-state index is 13.5. The fourth-order valence-electron chi connectivity index (χ4n) is 5.50. The van der Waals surface area contributed by atoms with Gasteiger partial charge in [0.25, 0.3) is 11.8 Å². The molecule has 3 aromatic rings. The molecule has 0 spiro atoms. The molecule has 6 heteroatoms. The van der Waals surface area contributed by atoms with Crippen molar-refractivity contribution < 1.29 is 9.59 Å². The molecule has 3 atom stereocenters. The maximum atomic E-state index is 13.5. The average molecular weight is 417 g/mol. The van der Waals surface area contributed by atoms with Gasteiger partial charge in [0.05, 0.1) is 17.4 Å². The van der Waals surface area contributed by atoms with E-state index >= 15 is 0 Å². The van der Waals surface area contributed by atoms with Crippen LogP contribution in [-0.2, 0) is 11.8 Å². The van der Waals surface area contributed by atoms with Gasteiger partial charge in [-0.05, 0) is 65.6 Å². The fraction of sp³-hybridized carbons (Fsp3) is 0.400. The Balaban J connectivity index is 1.49. The normalized spacial score (nSPS) is 24.7. The second-order valence-electron chi connectivity index (χ2n) is 9.43. The Hall–Kier alpha value is -3.15. The second-order valence-corrected chi connectivity index (χ2v) is 9.43. The highest BCUT2D eigenvalue weighted by Gasteiger charge is 2.49. The van der Waals surface area contributed by atoms with Crippen molar-refractivity contribution in [1.82, 2.24) is 19.8 Å². The molecule has 2 aliphatic rings. The van der Waals surface area contributed by atoms with E-state index in [0.29, 0.717) is 11.5 Å². The van der Waals surface area contributed by atoms with E-state index in [-0.39, 0.29) is 23.3 Å². The van der Waals surface area contributed by atoms with Gasteiger partial charge in [0.1, 0.15) is 0 Å². The molecule has 1 aliphatic heterocycles. The van der Waals surface area contributed by atoms with Gasteiger partial charge >= 0.3 is 0 Å². The Morgan fingerprint density at radius 1 is 1.16 bits per heavy atom. The van der Waals surface area contributed by atoms with Crippen molar-refractivity contribution in [2.24, 2.45) is 5.92 Å². The fourth-order valence-corrected chi connectivity index (χ4v) is 5.50. The molecule has 0 radical (unpaired) electrons. The molecule has 2 heterocycles. The summed E-state index contributed by atoms with van der Waals surface area (Å²) in [6, 6.07) is 11.9. The second kappa shape index (κ2) is 6.94. The number of rotatable bonds is 2. The van der Waals surface area contributed by atoms with Crippen molar-refractivity contribution in [1.29, 1.82) is 0 Å². The van der Waals surface area contributed by atoms with Crippen LogP contribution in [0.1, 0.15) is 52.1 Å². The third kappa shape index (κ3) is 2.96. The van der Waals surface area contributed by atoms with Crippen molar-refractivity contribution in [2.75, 3.05) is 20.6 Å². The molecule has 2 aromatic carbocycles. The lowest BCUT2D eigenvalue weighted by atomic mass is 9.58. The SMILES string of the molecule is CC1C2Cc3ccc(C(=O)N(C)C)cc3C1(C)CCN2C(=O)c1ccc2nc[nH]c2c1. The molecule has 1 aromatic heterocycles. The molecule has 3 unspecified atom stereocenters. The average Bonchev–Trinajstić information content (AvgIpc) is 3.23. The minimum absolute atomic E-state index is 0.0305. The summed E-state index contributed by atoms with van der Waals surface area (Å²) in [6.07, 6.45) is 3.36. The lowest BCUT2D eigenvalue weighted by molar-refractivity contribution is 0.0250. The van der Waals surface area contributed by atoms with Gasteiger partial charge < -0.3 is 14.8 Å². The van der Waals surface area contributed by atoms with Gasteiger partial charge in [-0.1, -0.05) is 19.9 Å². The van der Waals surface area contributed by atoms with Crippen LogP contribution in [-0.4, -0.2) is 58.3 Å². The van der Waals surface area contributed by atoms with Gasteiger partial charge in [-0.3, -0.25) is 9.59 Å². The lowest BCUT2D eigenvalue weighted by Gasteiger charge is -2.54. The van der Waals surface area contributed by atoms with Gasteiger partial charge in [0, 0.05) is 37.8 Å². The number of benzene rings is 2. The number of carbonyl (C=O) groups excluding carboxylic acids is 2. The highest BCUT2D eigenvalue weighted by Crippen LogP contribution is 2.49. The predicted octanol–water partition coefficient (Wildman–Crippen LogP) is 3.63. The first kappa shape index (κ1) is 19.8. The summed E-state index contributed by atoms with van der Waals surface area (Å²) in [5, 5.41) is 0. The van der Waals surface area contributed by atoms with E-state index in [4.69, 9.17) is 0 Å². The number of hydrogen-bond acceptors (Lipinski definition) is 3. The summed E-state index contributed by atoms with van der Waals surface area (Å²) in [6.45, 7) is 5.27. The number of piperidine rings is 1. The van der Waals surface area contributed by atoms with E-state index in [1.807, 2.05) is 24.3 Å². The van der Waals surface area contributed by atoms with Crippen molar-refractivity contribution in [3.63, 3.8) is 0 Å². The van der Waals surface area contributed by atoms with Gasteiger partial charge in [0.15, 0.2) is 0 Å². The van der Waals surface area contributed by atoms with Crippen molar-refractivity contribution in [2.45, 2.75) is 38.1 Å². The molecule has 0 saturated carbocycles. The van der Waals surface area contributed by atoms with Crippen LogP contribution in [0.4, 0.5) is 0 Å². The van der Waals surface area contributed by atoms with Crippen LogP contribution >= 0.6 is 0 Å². The molecule has 1 N–H and O–H groups in total. The number of imidazole rings is 1. The summed E-state index contributed by atoms with van der Waals surface area (Å²) in [4.78, 5) is 37.0. The van der Waals surface area contributed by atoms with Gasteiger partial charge in [0.2, 0.25) is 0 Å². The molecule has 1 fully saturated rings. The van der Waals surface area contributed by atoms with Crippen LogP contribution in [0.2, 0.25) is 0 Å². The molecular formula is C25H28N4O2. The van der Waals surface area contributed by atoms with Crippen LogP contribution in [0.5, 0.6) is 0 Å². The first-order valence-electron chi connectivity index (χ1n) is 10.9. The first-order valence-corrected chi connectivity index (χ1v) is 10.9. The smallest absolute Gasteiger partial charge is 0.254 e. The molecule has 2 amide bonds. The molecule has 5 rings (SSSR count). The summed E-state index contributed by atoms with van der Waals surface area (Å²) in [5.74, 6) is 0.416. The van der Waals surface area contributed by atoms with E-state index in [1.54, 1.807) is 25.3 Å². The number of aromatic nitrogens is 2. The monoisotopic (exact) mass is 416 g/mol. The van der Waals surface area contributed by atoms with Gasteiger partial charge in [-0.2, -0.15) is 0 Å². The topological polar surface area (TPSA) is 69.3 Å². The van der Waals surface area contributed by atoms with Crippen LogP contribution < -0.4 is 0 Å². The van der Waals surface area contributed by atoms with Crippen LogP contribution in [0.3, 0.4) is 0 Å². The number of nitrogens with zero attached hydrogens (tertiary/aromatic N) is 3. The maximum Gasteiger partial charge on any atom is 0.254 e. The largest absolute Gasteiger partial charge is 0.345 e. The zero-order chi connectivity index (χ0) is 21.9. The standard InChI is InChI=1S/C25H28N4O2/c1-15-22-13-16-5-6-17(23(30)28(3)4)11-19(16)25(15,2)9-10-29(22)24(31)18-7-8-20-21(12-18)27-14-26-20/h5-8,11-12,14-15,22H,9-10,13H2,1-4H3,(H,26,27). The Labute approximate surface area is 182 Å². The zero-order valence-corrected chi connectivity index (χ0v) is 18.5. The Morgan fingerprint density at radius 3 is 2.71 bits per heavy atom. The number of fused-ring (bicyclic) bond motifs is 5. The highest BCUT2D eigenvalue weighted by atomic mass is 16.2. The number of likely N-dealkylation sites (tertiary alicyclic amines) is 1. The number of amides is 2. The van der Waals surface area contributed by atoms with Crippen molar-refractivity contribution in [3.05, 3.63) is 65.0 Å². The quantitative estimate of drug-likeness (QED) is 0.694. The molecule has 1 aliphatic carbocycles. The summed E-state index contributed by atoms with van der Waals surface area (Å²) in [5.41, 5.74) is 5.66. The summed E-state index contributed by atoms with van der Waals surface area (Å²) >= 11 is 0. The van der Waals surface area contributed by atoms with Gasteiger partial charge in [-0.15, -0.1) is 0 Å². The number of H-pyrrole nitrogens is 1. The third-order valence-electron chi connectivity index (χ3n) is 7.59. The number of nitrogens with one attached hydrogen (secondary N) is 1. The first-order chi connectivity index (χ1) is 14.8. The number of carbonyl (C=O) groups is 2. The molecule has 2 bridgehead atoms. The molecule has 31 heavy (non-hydrogen) atoms. The van der Waals surface area contributed by atoms with Gasteiger partial charge in [-0.25, -0.2) is 4.98 Å². The van der Waals surface area contributed by atoms with Crippen LogP contribution in [0.15, 0.2) is 42.7 Å². The zero-order valence-electron chi connectivity index (χ0n) is 18.5. The van der Waals surface area contributed by atoms with E-state index in [1.165, 1.54) is 11.1 Å². The van der Waals surface area contributed by atoms with Crippen molar-refractivity contribution in [3.8, 4) is 0 Å². The Morgan fingerprint density at radius 2 is 1.94 bits per heavy atom. The summed E-state index contributed by atoms with van der Waals surface area (Å²) < 4.78 is 0. The molecular weight excluding hydrogens is 388 g/mol. The Kier molecular flexibility index (Phi) is 4.43. The summed E-state index contributed by atoms with van der Waals surface area (Å²) in [7, 11) is 3.57. The van der Waals surface area contributed by atoms with E-state index < -0.39 is 0 Å². The van der Waals surface area contributed by atoms with Crippen LogP contribution in [0.25, 0.3) is 11.0 Å². The number of hydrogen-bond donors (Lipinski definition) is 1. The minimum Gasteiger partial charge on any atom is -0.345 e.